The summed E-state index contributed by atoms with van der Waals surface area (Å²) in [7, 11) is 0. The van der Waals surface area contributed by atoms with Crippen LogP contribution in [0.5, 0.6) is 0 Å². The van der Waals surface area contributed by atoms with Gasteiger partial charge in [-0.3, -0.25) is 4.79 Å². The molecule has 0 fully saturated rings. The van der Waals surface area contributed by atoms with E-state index in [1.807, 2.05) is 6.92 Å². The molecule has 0 aliphatic rings. The van der Waals surface area contributed by atoms with Gasteiger partial charge in [0.1, 0.15) is 6.04 Å². The Morgan fingerprint density at radius 1 is 1.62 bits per heavy atom. The lowest BCUT2D eigenvalue weighted by Crippen LogP contribution is -2.52. The van der Waals surface area contributed by atoms with Gasteiger partial charge in [-0.1, -0.05) is 6.92 Å². The molecule has 0 rings (SSSR count). The highest BCUT2D eigenvalue weighted by Gasteiger charge is 2.35. The van der Waals surface area contributed by atoms with E-state index in [1.54, 1.807) is 6.92 Å². The van der Waals surface area contributed by atoms with E-state index in [1.165, 1.54) is 6.92 Å². The number of carboxylic acid groups (broad SMARTS) is 1. The summed E-state index contributed by atoms with van der Waals surface area (Å²) in [6.45, 7) is 4.80. The third kappa shape index (κ3) is 3.67. The fraction of sp³-hybridized carbons (Fsp3) is 0.750. The molecule has 0 saturated carbocycles. The van der Waals surface area contributed by atoms with Gasteiger partial charge in [-0.15, -0.1) is 0 Å². The van der Waals surface area contributed by atoms with Gasteiger partial charge in [0.25, 0.3) is 0 Å². The molecule has 0 aromatic rings. The van der Waals surface area contributed by atoms with Crippen molar-refractivity contribution in [2.75, 3.05) is 0 Å². The van der Waals surface area contributed by atoms with Crippen LogP contribution in [0.2, 0.25) is 0 Å². The van der Waals surface area contributed by atoms with Crippen LogP contribution in [-0.4, -0.2) is 27.8 Å². The second-order valence-electron chi connectivity index (χ2n) is 3.18. The molecule has 0 radical (unpaired) electrons. The number of nitrogens with one attached hydrogen (secondary N) is 1. The zero-order chi connectivity index (χ0) is 10.6. The average Bonchev–Trinajstić information content (AvgIpc) is 1.99. The monoisotopic (exact) mass is 205 g/mol. The minimum atomic E-state index is -1.06. The second kappa shape index (κ2) is 4.50. The topological polar surface area (TPSA) is 66.4 Å². The van der Waals surface area contributed by atoms with E-state index in [-0.39, 0.29) is 5.91 Å². The van der Waals surface area contributed by atoms with Gasteiger partial charge >= 0.3 is 5.97 Å². The first-order chi connectivity index (χ1) is 5.81. The molecule has 13 heavy (non-hydrogen) atoms. The first kappa shape index (κ1) is 12.3. The molecule has 0 aliphatic heterocycles. The minimum Gasteiger partial charge on any atom is -0.480 e. The van der Waals surface area contributed by atoms with E-state index in [2.05, 4.69) is 17.9 Å². The van der Waals surface area contributed by atoms with E-state index in [0.29, 0.717) is 6.42 Å². The van der Waals surface area contributed by atoms with Crippen LogP contribution < -0.4 is 5.32 Å². The van der Waals surface area contributed by atoms with Crippen molar-refractivity contribution in [1.29, 1.82) is 0 Å². The maximum Gasteiger partial charge on any atom is 0.327 e. The molecule has 0 unspecified atom stereocenters. The van der Waals surface area contributed by atoms with Crippen LogP contribution >= 0.6 is 12.6 Å². The number of amides is 1. The summed E-state index contributed by atoms with van der Waals surface area (Å²) in [5.41, 5.74) is 0. The summed E-state index contributed by atoms with van der Waals surface area (Å²) in [6.07, 6.45) is 0.563. The molecule has 0 aliphatic carbocycles. The lowest BCUT2D eigenvalue weighted by atomic mass is 9.98. The van der Waals surface area contributed by atoms with Crippen molar-refractivity contribution < 1.29 is 14.7 Å². The fourth-order valence-electron chi connectivity index (χ4n) is 0.891. The average molecular weight is 205 g/mol. The minimum absolute atomic E-state index is 0.360. The Bertz CT molecular complexity index is 215. The van der Waals surface area contributed by atoms with Crippen molar-refractivity contribution in [3.05, 3.63) is 0 Å². The summed E-state index contributed by atoms with van der Waals surface area (Å²) in [5.74, 6) is -1.42. The quantitative estimate of drug-likeness (QED) is 0.591. The zero-order valence-corrected chi connectivity index (χ0v) is 8.89. The highest BCUT2D eigenvalue weighted by atomic mass is 32.1. The van der Waals surface area contributed by atoms with Crippen LogP contribution in [0.4, 0.5) is 0 Å². The predicted octanol–water partition coefficient (Wildman–Crippen LogP) is 0.674. The Morgan fingerprint density at radius 3 is 2.31 bits per heavy atom. The first-order valence-corrected chi connectivity index (χ1v) is 4.48. The van der Waals surface area contributed by atoms with Gasteiger partial charge < -0.3 is 10.4 Å². The van der Waals surface area contributed by atoms with Crippen LogP contribution in [0.15, 0.2) is 0 Å². The third-order valence-electron chi connectivity index (χ3n) is 1.93. The van der Waals surface area contributed by atoms with E-state index in [9.17, 15) is 9.59 Å². The molecule has 2 N–H and O–H groups in total. The highest BCUT2D eigenvalue weighted by Crippen LogP contribution is 2.22. The summed E-state index contributed by atoms with van der Waals surface area (Å²) in [5, 5.41) is 11.2. The number of carbonyl (C=O) groups excluding carboxylic acids is 1. The molecular weight excluding hydrogens is 190 g/mol. The standard InChI is InChI=1S/C8H15NO3S/c1-4-8(3,13)6(7(11)12)9-5(2)10/h6,13H,4H2,1-3H3,(H,9,10)(H,11,12)/t6-,8+/m1/s1. The third-order valence-corrected chi connectivity index (χ3v) is 2.51. The lowest BCUT2D eigenvalue weighted by Gasteiger charge is -2.29. The molecule has 0 saturated heterocycles. The predicted molar refractivity (Wildman–Crippen MR) is 52.9 cm³/mol. The number of thiol groups is 1. The van der Waals surface area contributed by atoms with E-state index in [4.69, 9.17) is 5.11 Å². The van der Waals surface area contributed by atoms with Gasteiger partial charge in [0.05, 0.1) is 0 Å². The van der Waals surface area contributed by atoms with Crippen molar-refractivity contribution >= 4 is 24.5 Å². The molecule has 0 bridgehead atoms. The molecule has 2 atom stereocenters. The molecule has 0 spiro atoms. The Kier molecular flexibility index (Phi) is 4.26. The largest absolute Gasteiger partial charge is 0.480 e. The molecular formula is C8H15NO3S. The van der Waals surface area contributed by atoms with Crippen molar-refractivity contribution in [2.24, 2.45) is 0 Å². The van der Waals surface area contributed by atoms with E-state index < -0.39 is 16.8 Å². The van der Waals surface area contributed by atoms with Crippen molar-refractivity contribution in [2.45, 2.75) is 38.0 Å². The summed E-state index contributed by atoms with van der Waals surface area (Å²) in [6, 6.07) is -0.946. The Balaban J connectivity index is 4.60. The number of hydrogen-bond donors (Lipinski definition) is 3. The maximum absolute atomic E-state index is 10.8. The number of hydrogen-bond acceptors (Lipinski definition) is 3. The molecule has 0 aromatic heterocycles. The normalized spacial score (nSPS) is 17.2. The molecule has 0 aromatic carbocycles. The number of rotatable bonds is 4. The smallest absolute Gasteiger partial charge is 0.327 e. The van der Waals surface area contributed by atoms with E-state index >= 15 is 0 Å². The van der Waals surface area contributed by atoms with Gasteiger partial charge in [-0.2, -0.15) is 12.6 Å². The molecule has 1 amide bonds. The van der Waals surface area contributed by atoms with Gasteiger partial charge in [0.2, 0.25) is 5.91 Å². The number of carbonyl (C=O) groups is 2. The highest BCUT2D eigenvalue weighted by molar-refractivity contribution is 7.81. The molecule has 0 heterocycles. The van der Waals surface area contributed by atoms with Crippen LogP contribution in [0.1, 0.15) is 27.2 Å². The van der Waals surface area contributed by atoms with E-state index in [0.717, 1.165) is 0 Å². The number of carboxylic acids is 1. The lowest BCUT2D eigenvalue weighted by molar-refractivity contribution is -0.142. The fourth-order valence-corrected chi connectivity index (χ4v) is 1.07. The van der Waals surface area contributed by atoms with Crippen molar-refractivity contribution in [3.8, 4) is 0 Å². The van der Waals surface area contributed by atoms with Gasteiger partial charge in [-0.25, -0.2) is 4.79 Å². The van der Waals surface area contributed by atoms with Gasteiger partial charge in [0, 0.05) is 11.7 Å². The van der Waals surface area contributed by atoms with Crippen molar-refractivity contribution in [3.63, 3.8) is 0 Å². The summed E-state index contributed by atoms with van der Waals surface area (Å²) < 4.78 is -0.725. The van der Waals surface area contributed by atoms with Crippen LogP contribution in [0, 0.1) is 0 Å². The van der Waals surface area contributed by atoms with Gasteiger partial charge in [-0.05, 0) is 13.3 Å². The zero-order valence-electron chi connectivity index (χ0n) is 8.00. The van der Waals surface area contributed by atoms with Gasteiger partial charge in [0.15, 0.2) is 0 Å². The Morgan fingerprint density at radius 2 is 2.08 bits per heavy atom. The van der Waals surface area contributed by atoms with Crippen LogP contribution in [0.3, 0.4) is 0 Å². The Labute approximate surface area is 83.1 Å². The van der Waals surface area contributed by atoms with Crippen molar-refractivity contribution in [1.82, 2.24) is 5.32 Å². The Hall–Kier alpha value is -0.710. The molecule has 76 valence electrons. The van der Waals surface area contributed by atoms with Crippen LogP contribution in [0.25, 0.3) is 0 Å². The molecule has 4 nitrogen and oxygen atoms in total. The first-order valence-electron chi connectivity index (χ1n) is 4.03. The number of aliphatic carboxylic acids is 1. The maximum atomic E-state index is 10.8. The second-order valence-corrected chi connectivity index (χ2v) is 4.20. The summed E-state index contributed by atoms with van der Waals surface area (Å²) in [4.78, 5) is 21.5. The molecule has 5 heteroatoms. The SMILES string of the molecule is CC[C@](C)(S)[C@H](NC(C)=O)C(=O)O. The summed E-state index contributed by atoms with van der Waals surface area (Å²) >= 11 is 4.20. The van der Waals surface area contributed by atoms with Crippen LogP contribution in [-0.2, 0) is 9.59 Å².